The van der Waals surface area contributed by atoms with Crippen molar-refractivity contribution >= 4 is 34.2 Å². The summed E-state index contributed by atoms with van der Waals surface area (Å²) < 4.78 is 0. The molecule has 2 N–H and O–H groups in total. The van der Waals surface area contributed by atoms with E-state index in [4.69, 9.17) is 5.11 Å². The lowest BCUT2D eigenvalue weighted by atomic mass is 9.90. The molecule has 18 heavy (non-hydrogen) atoms. The first-order valence-electron chi connectivity index (χ1n) is 5.84. The summed E-state index contributed by atoms with van der Waals surface area (Å²) in [6, 6.07) is 0. The van der Waals surface area contributed by atoms with Gasteiger partial charge in [0.15, 0.2) is 5.13 Å². The standard InChI is InChI=1S/C12H20N2O2S2/c1-8(17-4)5-6-13-11-14-9(7-18-11)12(2,3)10(15)16/h7-8H,5-6H2,1-4H3,(H,13,14)(H,15,16). The van der Waals surface area contributed by atoms with Gasteiger partial charge >= 0.3 is 5.97 Å². The fraction of sp³-hybridized carbons (Fsp3) is 0.667. The highest BCUT2D eigenvalue weighted by atomic mass is 32.2. The molecule has 1 aromatic heterocycles. The molecule has 0 aliphatic heterocycles. The highest BCUT2D eigenvalue weighted by Gasteiger charge is 2.32. The molecule has 0 spiro atoms. The summed E-state index contributed by atoms with van der Waals surface area (Å²) in [6.45, 7) is 6.39. The molecule has 6 heteroatoms. The Hall–Kier alpha value is -0.750. The van der Waals surface area contributed by atoms with Crippen LogP contribution in [0.5, 0.6) is 0 Å². The molecule has 0 radical (unpaired) electrons. The minimum Gasteiger partial charge on any atom is -0.481 e. The Morgan fingerprint density at radius 1 is 1.67 bits per heavy atom. The number of hydrogen-bond acceptors (Lipinski definition) is 5. The van der Waals surface area contributed by atoms with E-state index < -0.39 is 11.4 Å². The third-order valence-corrected chi connectivity index (χ3v) is 4.75. The number of carbonyl (C=O) groups is 1. The van der Waals surface area contributed by atoms with Crippen LogP contribution in [0.3, 0.4) is 0 Å². The van der Waals surface area contributed by atoms with Crippen LogP contribution in [-0.2, 0) is 10.2 Å². The van der Waals surface area contributed by atoms with E-state index in [2.05, 4.69) is 23.5 Å². The summed E-state index contributed by atoms with van der Waals surface area (Å²) in [5.41, 5.74) is -0.316. The van der Waals surface area contributed by atoms with Crippen LogP contribution in [0.2, 0.25) is 0 Å². The van der Waals surface area contributed by atoms with Gasteiger partial charge in [-0.25, -0.2) is 4.98 Å². The van der Waals surface area contributed by atoms with Crippen LogP contribution in [0.15, 0.2) is 5.38 Å². The number of carboxylic acid groups (broad SMARTS) is 1. The van der Waals surface area contributed by atoms with E-state index in [9.17, 15) is 4.79 Å². The third kappa shape index (κ3) is 3.88. The molecule has 0 aliphatic rings. The normalized spacial score (nSPS) is 13.3. The van der Waals surface area contributed by atoms with Crippen molar-refractivity contribution in [3.8, 4) is 0 Å². The van der Waals surface area contributed by atoms with Gasteiger partial charge < -0.3 is 10.4 Å². The van der Waals surface area contributed by atoms with Gasteiger partial charge in [0, 0.05) is 17.2 Å². The monoisotopic (exact) mass is 288 g/mol. The maximum absolute atomic E-state index is 11.1. The molecule has 0 saturated heterocycles. The lowest BCUT2D eigenvalue weighted by Gasteiger charge is -2.15. The van der Waals surface area contributed by atoms with E-state index in [0.717, 1.165) is 18.1 Å². The average Bonchev–Trinajstić information content (AvgIpc) is 2.77. The van der Waals surface area contributed by atoms with Gasteiger partial charge in [-0.3, -0.25) is 4.79 Å². The largest absolute Gasteiger partial charge is 0.481 e. The van der Waals surface area contributed by atoms with Crippen molar-refractivity contribution in [1.29, 1.82) is 0 Å². The first-order chi connectivity index (χ1) is 8.37. The zero-order chi connectivity index (χ0) is 13.8. The number of nitrogens with zero attached hydrogens (tertiary/aromatic N) is 1. The number of hydrogen-bond donors (Lipinski definition) is 2. The van der Waals surface area contributed by atoms with E-state index in [1.165, 1.54) is 11.3 Å². The van der Waals surface area contributed by atoms with Crippen molar-refractivity contribution in [2.24, 2.45) is 0 Å². The van der Waals surface area contributed by atoms with E-state index in [1.54, 1.807) is 13.8 Å². The fourth-order valence-corrected chi connectivity index (χ4v) is 2.51. The predicted octanol–water partition coefficient (Wildman–Crippen LogP) is 3.06. The van der Waals surface area contributed by atoms with Crippen LogP contribution in [0.4, 0.5) is 5.13 Å². The Morgan fingerprint density at radius 2 is 2.33 bits per heavy atom. The molecule has 0 aliphatic carbocycles. The number of nitrogens with one attached hydrogen (secondary N) is 1. The van der Waals surface area contributed by atoms with Gasteiger partial charge in [0.2, 0.25) is 0 Å². The van der Waals surface area contributed by atoms with Crippen LogP contribution < -0.4 is 5.32 Å². The van der Waals surface area contributed by atoms with Crippen LogP contribution in [0.1, 0.15) is 32.9 Å². The lowest BCUT2D eigenvalue weighted by Crippen LogP contribution is -2.28. The predicted molar refractivity (Wildman–Crippen MR) is 78.9 cm³/mol. The van der Waals surface area contributed by atoms with Gasteiger partial charge in [0.05, 0.1) is 5.69 Å². The van der Waals surface area contributed by atoms with E-state index in [0.29, 0.717) is 10.9 Å². The number of carboxylic acids is 1. The van der Waals surface area contributed by atoms with Gasteiger partial charge in [-0.05, 0) is 26.5 Å². The third-order valence-electron chi connectivity index (χ3n) is 2.91. The van der Waals surface area contributed by atoms with Gasteiger partial charge in [-0.2, -0.15) is 11.8 Å². The van der Waals surface area contributed by atoms with Crippen molar-refractivity contribution in [2.75, 3.05) is 18.1 Å². The summed E-state index contributed by atoms with van der Waals surface area (Å²) >= 11 is 3.30. The maximum atomic E-state index is 11.1. The Labute approximate surface area is 116 Å². The summed E-state index contributed by atoms with van der Waals surface area (Å²) in [4.78, 5) is 15.5. The highest BCUT2D eigenvalue weighted by molar-refractivity contribution is 7.99. The Morgan fingerprint density at radius 3 is 2.89 bits per heavy atom. The smallest absolute Gasteiger partial charge is 0.315 e. The molecule has 0 amide bonds. The minimum atomic E-state index is -0.928. The van der Waals surface area contributed by atoms with Gasteiger partial charge in [0.25, 0.3) is 0 Å². The molecule has 1 heterocycles. The Bertz CT molecular complexity index is 405. The number of thiazole rings is 1. The van der Waals surface area contributed by atoms with E-state index in [-0.39, 0.29) is 0 Å². The molecule has 1 rings (SSSR count). The number of rotatable bonds is 7. The second kappa shape index (κ2) is 6.43. The molecule has 0 fully saturated rings. The summed E-state index contributed by atoms with van der Waals surface area (Å²) in [7, 11) is 0. The molecule has 0 aromatic carbocycles. The fourth-order valence-electron chi connectivity index (χ4n) is 1.25. The first kappa shape index (κ1) is 15.3. The topological polar surface area (TPSA) is 62.2 Å². The molecule has 0 saturated carbocycles. The number of aromatic nitrogens is 1. The van der Waals surface area contributed by atoms with Crippen LogP contribution in [-0.4, -0.2) is 34.1 Å². The van der Waals surface area contributed by atoms with Crippen molar-refractivity contribution in [3.05, 3.63) is 11.1 Å². The summed E-state index contributed by atoms with van der Waals surface area (Å²) in [5.74, 6) is -0.852. The zero-order valence-electron chi connectivity index (χ0n) is 11.2. The molecule has 4 nitrogen and oxygen atoms in total. The summed E-state index contributed by atoms with van der Waals surface area (Å²) in [5, 5.41) is 15.6. The summed E-state index contributed by atoms with van der Waals surface area (Å²) in [6.07, 6.45) is 3.17. The van der Waals surface area contributed by atoms with Gasteiger partial charge in [-0.1, -0.05) is 6.92 Å². The van der Waals surface area contributed by atoms with Crippen LogP contribution >= 0.6 is 23.1 Å². The highest BCUT2D eigenvalue weighted by Crippen LogP contribution is 2.27. The zero-order valence-corrected chi connectivity index (χ0v) is 12.8. The number of aliphatic carboxylic acids is 1. The lowest BCUT2D eigenvalue weighted by molar-refractivity contribution is -0.142. The van der Waals surface area contributed by atoms with Crippen LogP contribution in [0, 0.1) is 0 Å². The average molecular weight is 288 g/mol. The Kier molecular flexibility index (Phi) is 5.47. The molecule has 0 bridgehead atoms. The number of anilines is 1. The molecular weight excluding hydrogens is 268 g/mol. The van der Waals surface area contributed by atoms with Crippen molar-refractivity contribution in [1.82, 2.24) is 4.98 Å². The second-order valence-electron chi connectivity index (χ2n) is 4.73. The quantitative estimate of drug-likeness (QED) is 0.807. The van der Waals surface area contributed by atoms with Gasteiger partial charge in [-0.15, -0.1) is 11.3 Å². The first-order valence-corrected chi connectivity index (χ1v) is 8.00. The second-order valence-corrected chi connectivity index (χ2v) is 6.86. The molecule has 102 valence electrons. The van der Waals surface area contributed by atoms with Gasteiger partial charge in [0.1, 0.15) is 5.41 Å². The number of thioether (sulfide) groups is 1. The minimum absolute atomic E-state index is 0.611. The van der Waals surface area contributed by atoms with Crippen molar-refractivity contribution < 1.29 is 9.90 Å². The van der Waals surface area contributed by atoms with E-state index in [1.807, 2.05) is 17.1 Å². The van der Waals surface area contributed by atoms with Crippen LogP contribution in [0.25, 0.3) is 0 Å². The van der Waals surface area contributed by atoms with E-state index >= 15 is 0 Å². The molecule has 1 atom stereocenters. The molecular formula is C12H20N2O2S2. The van der Waals surface area contributed by atoms with Crippen molar-refractivity contribution in [2.45, 2.75) is 37.9 Å². The molecule has 1 aromatic rings. The van der Waals surface area contributed by atoms with Crippen molar-refractivity contribution in [3.63, 3.8) is 0 Å². The maximum Gasteiger partial charge on any atom is 0.315 e. The molecule has 1 unspecified atom stereocenters. The Balaban J connectivity index is 2.56. The SMILES string of the molecule is CSC(C)CCNc1nc(C(C)(C)C(=O)O)cs1.